The molecule has 3 heterocycles. The van der Waals surface area contributed by atoms with Crippen LogP contribution in [0.4, 0.5) is 8.78 Å². The number of hydrogen-bond donors (Lipinski definition) is 1. The molecule has 1 aliphatic heterocycles. The Morgan fingerprint density at radius 1 is 1.29 bits per heavy atom. The predicted octanol–water partition coefficient (Wildman–Crippen LogP) is 3.88. The molecule has 0 saturated carbocycles. The maximum absolute atomic E-state index is 12.9. The fraction of sp³-hybridized carbons (Fsp3) is 0.409. The van der Waals surface area contributed by atoms with Gasteiger partial charge in [-0.15, -0.1) is 0 Å². The van der Waals surface area contributed by atoms with Gasteiger partial charge in [-0.05, 0) is 37.6 Å². The van der Waals surface area contributed by atoms with Crippen molar-refractivity contribution in [2.75, 3.05) is 13.1 Å². The minimum Gasteiger partial charge on any atom is -0.384 e. The number of fused-ring (bicyclic) bond motifs is 3. The van der Waals surface area contributed by atoms with Crippen LogP contribution in [0, 0.1) is 6.92 Å². The first-order chi connectivity index (χ1) is 13.3. The highest BCUT2D eigenvalue weighted by Crippen LogP contribution is 2.34. The fourth-order valence-electron chi connectivity index (χ4n) is 4.23. The van der Waals surface area contributed by atoms with E-state index < -0.39 is 12.0 Å². The standard InChI is InChI=1S/C22H25F2N3O/c1-15-5-6-19-17(10-15)18-12-26(13-21(23)24)9-7-20(18)27(19)14-22(2,28)16-4-3-8-25-11-16/h3-6,8,10-11,21,28H,7,9,12-14H2,1-2H3. The number of benzene rings is 1. The Kier molecular flexibility index (Phi) is 4.93. The monoisotopic (exact) mass is 385 g/mol. The minimum absolute atomic E-state index is 0.203. The number of alkyl halides is 2. The summed E-state index contributed by atoms with van der Waals surface area (Å²) in [6.45, 7) is 5.13. The molecule has 1 N–H and O–H groups in total. The molecule has 1 atom stereocenters. The molecule has 0 fully saturated rings. The van der Waals surface area contributed by atoms with Gasteiger partial charge in [-0.3, -0.25) is 9.88 Å². The van der Waals surface area contributed by atoms with Crippen LogP contribution in [-0.2, 0) is 25.1 Å². The summed E-state index contributed by atoms with van der Waals surface area (Å²) >= 11 is 0. The van der Waals surface area contributed by atoms with Crippen LogP contribution < -0.4 is 0 Å². The number of aliphatic hydroxyl groups is 1. The minimum atomic E-state index is -2.33. The Labute approximate surface area is 163 Å². The second-order valence-electron chi connectivity index (χ2n) is 7.92. The van der Waals surface area contributed by atoms with Gasteiger partial charge in [0.1, 0.15) is 5.60 Å². The Hall–Kier alpha value is -2.31. The smallest absolute Gasteiger partial charge is 0.251 e. The summed E-state index contributed by atoms with van der Waals surface area (Å²) in [6.07, 6.45) is 1.74. The van der Waals surface area contributed by atoms with E-state index in [4.69, 9.17) is 0 Å². The second kappa shape index (κ2) is 7.26. The summed E-state index contributed by atoms with van der Waals surface area (Å²) in [5.74, 6) is 0. The fourth-order valence-corrected chi connectivity index (χ4v) is 4.23. The van der Waals surface area contributed by atoms with Crippen molar-refractivity contribution in [3.05, 3.63) is 65.1 Å². The maximum Gasteiger partial charge on any atom is 0.251 e. The van der Waals surface area contributed by atoms with Gasteiger partial charge < -0.3 is 9.67 Å². The molecule has 1 aromatic carbocycles. The Morgan fingerprint density at radius 3 is 2.82 bits per heavy atom. The summed E-state index contributed by atoms with van der Waals surface area (Å²) in [6, 6.07) is 9.94. The molecule has 2 aromatic heterocycles. The van der Waals surface area contributed by atoms with Crippen molar-refractivity contribution in [1.82, 2.24) is 14.5 Å². The van der Waals surface area contributed by atoms with Gasteiger partial charge in [-0.1, -0.05) is 17.7 Å². The lowest BCUT2D eigenvalue weighted by Gasteiger charge is -2.30. The average molecular weight is 385 g/mol. The summed E-state index contributed by atoms with van der Waals surface area (Å²) in [4.78, 5) is 5.95. The second-order valence-corrected chi connectivity index (χ2v) is 7.92. The summed E-state index contributed by atoms with van der Waals surface area (Å²) in [5.41, 5.74) is 4.09. The van der Waals surface area contributed by atoms with Crippen molar-refractivity contribution in [2.45, 2.75) is 45.4 Å². The molecule has 0 radical (unpaired) electrons. The van der Waals surface area contributed by atoms with E-state index >= 15 is 0 Å². The van der Waals surface area contributed by atoms with Crippen LogP contribution in [0.5, 0.6) is 0 Å². The summed E-state index contributed by atoms with van der Waals surface area (Å²) in [5, 5.41) is 12.3. The predicted molar refractivity (Wildman–Crippen MR) is 105 cm³/mol. The lowest BCUT2D eigenvalue weighted by molar-refractivity contribution is 0.0377. The summed E-state index contributed by atoms with van der Waals surface area (Å²) in [7, 11) is 0. The first-order valence-electron chi connectivity index (χ1n) is 9.59. The van der Waals surface area contributed by atoms with E-state index in [9.17, 15) is 13.9 Å². The highest BCUT2D eigenvalue weighted by atomic mass is 19.3. The molecule has 1 unspecified atom stereocenters. The zero-order chi connectivity index (χ0) is 19.9. The van der Waals surface area contributed by atoms with Crippen LogP contribution in [0.2, 0.25) is 0 Å². The van der Waals surface area contributed by atoms with Crippen molar-refractivity contribution in [3.8, 4) is 0 Å². The molecule has 0 spiro atoms. The number of aryl methyl sites for hydroxylation is 1. The lowest BCUT2D eigenvalue weighted by Crippen LogP contribution is -2.35. The van der Waals surface area contributed by atoms with Crippen molar-refractivity contribution >= 4 is 10.9 Å². The van der Waals surface area contributed by atoms with E-state index in [0.717, 1.165) is 33.3 Å². The normalized spacial score (nSPS) is 17.1. The first kappa shape index (κ1) is 19.0. The van der Waals surface area contributed by atoms with Gasteiger partial charge in [0.15, 0.2) is 0 Å². The van der Waals surface area contributed by atoms with Crippen molar-refractivity contribution in [1.29, 1.82) is 0 Å². The molecular weight excluding hydrogens is 360 g/mol. The summed E-state index contributed by atoms with van der Waals surface area (Å²) < 4.78 is 28.0. The molecule has 148 valence electrons. The molecular formula is C22H25F2N3O. The van der Waals surface area contributed by atoms with Crippen molar-refractivity contribution < 1.29 is 13.9 Å². The van der Waals surface area contributed by atoms with E-state index in [0.29, 0.717) is 26.1 Å². The number of halogens is 2. The lowest BCUT2D eigenvalue weighted by atomic mass is 9.97. The quantitative estimate of drug-likeness (QED) is 0.725. The zero-order valence-corrected chi connectivity index (χ0v) is 16.2. The van der Waals surface area contributed by atoms with Gasteiger partial charge in [-0.25, -0.2) is 8.78 Å². The first-order valence-corrected chi connectivity index (χ1v) is 9.59. The number of pyridine rings is 1. The number of aromatic nitrogens is 2. The van der Waals surface area contributed by atoms with Gasteiger partial charge in [0.25, 0.3) is 6.43 Å². The molecule has 4 rings (SSSR count). The van der Waals surface area contributed by atoms with Gasteiger partial charge in [-0.2, -0.15) is 0 Å². The van der Waals surface area contributed by atoms with Crippen LogP contribution in [0.25, 0.3) is 10.9 Å². The number of hydrogen-bond acceptors (Lipinski definition) is 3. The SMILES string of the molecule is Cc1ccc2c(c1)c1c(n2CC(C)(O)c2cccnc2)CCN(CC(F)F)C1. The Morgan fingerprint density at radius 2 is 2.11 bits per heavy atom. The van der Waals surface area contributed by atoms with Gasteiger partial charge in [0, 0.05) is 54.1 Å². The molecule has 0 saturated heterocycles. The molecule has 6 heteroatoms. The van der Waals surface area contributed by atoms with Crippen LogP contribution in [0.1, 0.15) is 29.3 Å². The number of nitrogens with zero attached hydrogens (tertiary/aromatic N) is 3. The van der Waals surface area contributed by atoms with Crippen molar-refractivity contribution in [3.63, 3.8) is 0 Å². The molecule has 0 aliphatic carbocycles. The third-order valence-electron chi connectivity index (χ3n) is 5.63. The van der Waals surface area contributed by atoms with Gasteiger partial charge in [0.2, 0.25) is 0 Å². The van der Waals surface area contributed by atoms with Crippen LogP contribution in [0.15, 0.2) is 42.7 Å². The topological polar surface area (TPSA) is 41.3 Å². The molecule has 1 aliphatic rings. The van der Waals surface area contributed by atoms with Crippen LogP contribution in [0.3, 0.4) is 0 Å². The van der Waals surface area contributed by atoms with E-state index in [1.54, 1.807) is 19.3 Å². The molecule has 28 heavy (non-hydrogen) atoms. The maximum atomic E-state index is 12.9. The van der Waals surface area contributed by atoms with E-state index in [-0.39, 0.29) is 6.54 Å². The van der Waals surface area contributed by atoms with Crippen molar-refractivity contribution in [2.24, 2.45) is 0 Å². The molecule has 4 nitrogen and oxygen atoms in total. The van der Waals surface area contributed by atoms with E-state index in [1.807, 2.05) is 24.0 Å². The van der Waals surface area contributed by atoms with Gasteiger partial charge >= 0.3 is 0 Å². The highest BCUT2D eigenvalue weighted by Gasteiger charge is 2.30. The van der Waals surface area contributed by atoms with Crippen LogP contribution >= 0.6 is 0 Å². The van der Waals surface area contributed by atoms with Crippen LogP contribution in [-0.4, -0.2) is 39.1 Å². The Balaban J connectivity index is 1.77. The highest BCUT2D eigenvalue weighted by molar-refractivity contribution is 5.86. The van der Waals surface area contributed by atoms with Gasteiger partial charge in [0.05, 0.1) is 13.1 Å². The van der Waals surface area contributed by atoms with E-state index in [1.165, 1.54) is 0 Å². The van der Waals surface area contributed by atoms with E-state index in [2.05, 4.69) is 27.8 Å². The number of rotatable bonds is 5. The Bertz CT molecular complexity index is 982. The average Bonchev–Trinajstić information content (AvgIpc) is 2.94. The zero-order valence-electron chi connectivity index (χ0n) is 16.2. The third-order valence-corrected chi connectivity index (χ3v) is 5.63. The molecule has 0 bridgehead atoms. The molecule has 3 aromatic rings. The third kappa shape index (κ3) is 3.54. The largest absolute Gasteiger partial charge is 0.384 e. The molecule has 0 amide bonds.